The molecule has 2 unspecified atom stereocenters. The normalized spacial score (nSPS) is 23.4. The van der Waals surface area contributed by atoms with Crippen LogP contribution in [0, 0.1) is 0 Å². The van der Waals surface area contributed by atoms with Gasteiger partial charge in [-0.25, -0.2) is 0 Å². The first-order valence-electron chi connectivity index (χ1n) is 5.43. The molecule has 1 heterocycles. The molecule has 2 rings (SSSR count). The summed E-state index contributed by atoms with van der Waals surface area (Å²) >= 11 is 3.42. The second kappa shape index (κ2) is 5.51. The number of rotatable bonds is 3. The van der Waals surface area contributed by atoms with Gasteiger partial charge in [-0.3, -0.25) is 4.79 Å². The lowest BCUT2D eigenvalue weighted by Crippen LogP contribution is -2.31. The van der Waals surface area contributed by atoms with E-state index in [1.165, 1.54) is 7.11 Å². The largest absolute Gasteiger partial charge is 0.488 e. The van der Waals surface area contributed by atoms with Gasteiger partial charge in [0.1, 0.15) is 17.9 Å². The molecular formula is C12H14BrNO3. The van der Waals surface area contributed by atoms with E-state index in [0.717, 1.165) is 10.2 Å². The number of benzene rings is 1. The maximum Gasteiger partial charge on any atom is 0.323 e. The van der Waals surface area contributed by atoms with Gasteiger partial charge in [0.25, 0.3) is 0 Å². The lowest BCUT2D eigenvalue weighted by Gasteiger charge is -2.13. The molecule has 1 aromatic rings. The maximum atomic E-state index is 11.3. The van der Waals surface area contributed by atoms with Crippen molar-refractivity contribution in [3.05, 3.63) is 28.7 Å². The van der Waals surface area contributed by atoms with Gasteiger partial charge < -0.3 is 14.8 Å². The fourth-order valence-electron chi connectivity index (χ4n) is 1.83. The highest BCUT2D eigenvalue weighted by Gasteiger charge is 2.31. The number of methoxy groups -OCH3 is 1. The van der Waals surface area contributed by atoms with E-state index in [1.807, 2.05) is 24.3 Å². The van der Waals surface area contributed by atoms with E-state index in [2.05, 4.69) is 21.2 Å². The monoisotopic (exact) mass is 299 g/mol. The van der Waals surface area contributed by atoms with Crippen molar-refractivity contribution in [2.75, 3.05) is 13.7 Å². The molecule has 1 aliphatic heterocycles. The Labute approximate surface area is 108 Å². The van der Waals surface area contributed by atoms with Crippen molar-refractivity contribution in [3.63, 3.8) is 0 Å². The number of nitrogens with one attached hydrogen (secondary N) is 1. The minimum absolute atomic E-state index is 0.00204. The summed E-state index contributed by atoms with van der Waals surface area (Å²) in [5.74, 6) is 0.563. The topological polar surface area (TPSA) is 47.6 Å². The van der Waals surface area contributed by atoms with Gasteiger partial charge in [-0.15, -0.1) is 0 Å². The van der Waals surface area contributed by atoms with Crippen molar-refractivity contribution in [1.82, 2.24) is 5.32 Å². The number of hydrogen-bond donors (Lipinski definition) is 1. The van der Waals surface area contributed by atoms with E-state index in [1.54, 1.807) is 0 Å². The zero-order valence-electron chi connectivity index (χ0n) is 9.48. The van der Waals surface area contributed by atoms with Crippen LogP contribution in [0.3, 0.4) is 0 Å². The van der Waals surface area contributed by atoms with Crippen molar-refractivity contribution >= 4 is 21.9 Å². The molecule has 5 heteroatoms. The molecule has 1 aliphatic rings. The standard InChI is InChI=1S/C12H14BrNO3/c1-16-12(15)10-6-8(7-14-10)17-11-5-3-2-4-9(11)13/h2-5,8,10,14H,6-7H2,1H3. The predicted molar refractivity (Wildman–Crippen MR) is 67.0 cm³/mol. The molecule has 0 saturated carbocycles. The van der Waals surface area contributed by atoms with Crippen molar-refractivity contribution in [2.24, 2.45) is 0 Å². The van der Waals surface area contributed by atoms with Gasteiger partial charge in [0.05, 0.1) is 11.6 Å². The van der Waals surface area contributed by atoms with Gasteiger partial charge in [-0.05, 0) is 28.1 Å². The summed E-state index contributed by atoms with van der Waals surface area (Å²) in [4.78, 5) is 11.3. The van der Waals surface area contributed by atoms with Gasteiger partial charge in [0.2, 0.25) is 0 Å². The molecule has 0 amide bonds. The molecule has 0 bridgehead atoms. The highest BCUT2D eigenvalue weighted by atomic mass is 79.9. The van der Waals surface area contributed by atoms with Crippen LogP contribution < -0.4 is 10.1 Å². The van der Waals surface area contributed by atoms with Crippen LogP contribution in [0.25, 0.3) is 0 Å². The number of carbonyl (C=O) groups excluding carboxylic acids is 1. The fraction of sp³-hybridized carbons (Fsp3) is 0.417. The number of carbonyl (C=O) groups is 1. The average molecular weight is 300 g/mol. The molecule has 0 aromatic heterocycles. The molecule has 0 aliphatic carbocycles. The first-order valence-corrected chi connectivity index (χ1v) is 6.22. The van der Waals surface area contributed by atoms with Crippen LogP contribution in [-0.4, -0.2) is 31.8 Å². The zero-order valence-corrected chi connectivity index (χ0v) is 11.1. The molecular weight excluding hydrogens is 286 g/mol. The Balaban J connectivity index is 1.94. The quantitative estimate of drug-likeness (QED) is 0.864. The summed E-state index contributed by atoms with van der Waals surface area (Å²) < 4.78 is 11.4. The maximum absolute atomic E-state index is 11.3. The molecule has 17 heavy (non-hydrogen) atoms. The summed E-state index contributed by atoms with van der Waals surface area (Å²) in [5.41, 5.74) is 0. The van der Waals surface area contributed by atoms with Crippen molar-refractivity contribution in [2.45, 2.75) is 18.6 Å². The minimum Gasteiger partial charge on any atom is -0.488 e. The Morgan fingerprint density at radius 3 is 2.94 bits per heavy atom. The van der Waals surface area contributed by atoms with E-state index in [0.29, 0.717) is 13.0 Å². The van der Waals surface area contributed by atoms with E-state index in [4.69, 9.17) is 9.47 Å². The molecule has 2 atom stereocenters. The summed E-state index contributed by atoms with van der Waals surface area (Å²) in [6.07, 6.45) is 0.631. The molecule has 0 radical (unpaired) electrons. The minimum atomic E-state index is -0.257. The van der Waals surface area contributed by atoms with Crippen LogP contribution >= 0.6 is 15.9 Å². The number of esters is 1. The van der Waals surface area contributed by atoms with Gasteiger partial charge >= 0.3 is 5.97 Å². The number of para-hydroxylation sites is 1. The van der Waals surface area contributed by atoms with Gasteiger partial charge in [-0.2, -0.15) is 0 Å². The highest BCUT2D eigenvalue weighted by Crippen LogP contribution is 2.26. The molecule has 1 saturated heterocycles. The van der Waals surface area contributed by atoms with Gasteiger partial charge in [-0.1, -0.05) is 12.1 Å². The predicted octanol–water partition coefficient (Wildman–Crippen LogP) is 1.73. The molecule has 92 valence electrons. The Hall–Kier alpha value is -1.07. The average Bonchev–Trinajstić information content (AvgIpc) is 2.80. The fourth-order valence-corrected chi connectivity index (χ4v) is 2.21. The third-order valence-corrected chi connectivity index (χ3v) is 3.36. The van der Waals surface area contributed by atoms with E-state index < -0.39 is 0 Å². The molecule has 1 N–H and O–H groups in total. The molecule has 4 nitrogen and oxygen atoms in total. The second-order valence-corrected chi connectivity index (χ2v) is 4.74. The van der Waals surface area contributed by atoms with Crippen molar-refractivity contribution in [1.29, 1.82) is 0 Å². The highest BCUT2D eigenvalue weighted by molar-refractivity contribution is 9.10. The van der Waals surface area contributed by atoms with E-state index >= 15 is 0 Å². The Morgan fingerprint density at radius 2 is 2.24 bits per heavy atom. The Bertz CT molecular complexity index is 410. The van der Waals surface area contributed by atoms with Crippen LogP contribution in [-0.2, 0) is 9.53 Å². The van der Waals surface area contributed by atoms with E-state index in [9.17, 15) is 4.79 Å². The summed E-state index contributed by atoms with van der Waals surface area (Å²) in [5, 5.41) is 3.08. The zero-order chi connectivity index (χ0) is 12.3. The Kier molecular flexibility index (Phi) is 4.02. The van der Waals surface area contributed by atoms with Gasteiger partial charge in [0.15, 0.2) is 0 Å². The van der Waals surface area contributed by atoms with Crippen molar-refractivity contribution < 1.29 is 14.3 Å². The van der Waals surface area contributed by atoms with Crippen molar-refractivity contribution in [3.8, 4) is 5.75 Å². The summed E-state index contributed by atoms with van der Waals surface area (Å²) in [7, 11) is 1.39. The molecule has 1 fully saturated rings. The molecule has 0 spiro atoms. The third kappa shape index (κ3) is 2.98. The Morgan fingerprint density at radius 1 is 1.47 bits per heavy atom. The number of halogens is 1. The SMILES string of the molecule is COC(=O)C1CC(Oc2ccccc2Br)CN1. The van der Waals surface area contributed by atoms with Crippen LogP contribution in [0.2, 0.25) is 0 Å². The number of hydrogen-bond acceptors (Lipinski definition) is 4. The summed E-state index contributed by atoms with van der Waals surface area (Å²) in [6.45, 7) is 0.654. The molecule has 1 aromatic carbocycles. The summed E-state index contributed by atoms with van der Waals surface area (Å²) in [6, 6.07) is 7.42. The van der Waals surface area contributed by atoms with Crippen LogP contribution in [0.15, 0.2) is 28.7 Å². The first-order chi connectivity index (χ1) is 8.20. The lowest BCUT2D eigenvalue weighted by molar-refractivity contribution is -0.142. The van der Waals surface area contributed by atoms with Crippen LogP contribution in [0.5, 0.6) is 5.75 Å². The van der Waals surface area contributed by atoms with Gasteiger partial charge in [0, 0.05) is 13.0 Å². The van der Waals surface area contributed by atoms with Crippen LogP contribution in [0.4, 0.5) is 0 Å². The lowest BCUT2D eigenvalue weighted by atomic mass is 10.2. The number of ether oxygens (including phenoxy) is 2. The van der Waals surface area contributed by atoms with E-state index in [-0.39, 0.29) is 18.1 Å². The second-order valence-electron chi connectivity index (χ2n) is 3.89. The van der Waals surface area contributed by atoms with Crippen LogP contribution in [0.1, 0.15) is 6.42 Å². The first kappa shape index (κ1) is 12.4. The third-order valence-electron chi connectivity index (χ3n) is 2.71. The smallest absolute Gasteiger partial charge is 0.323 e.